The number of fused-ring (bicyclic) bond motifs is 3. The quantitative estimate of drug-likeness (QED) is 0.646. The van der Waals surface area contributed by atoms with Gasteiger partial charge in [0.1, 0.15) is 24.0 Å². The number of rotatable bonds is 7. The van der Waals surface area contributed by atoms with Crippen LogP contribution in [-0.4, -0.2) is 37.4 Å². The normalized spacial score (nSPS) is 21.2. The minimum Gasteiger partial charge on any atom is -0.490 e. The van der Waals surface area contributed by atoms with Crippen LogP contribution in [0.3, 0.4) is 0 Å². The molecule has 9 heteroatoms. The van der Waals surface area contributed by atoms with Crippen molar-refractivity contribution < 1.29 is 23.4 Å². The summed E-state index contributed by atoms with van der Waals surface area (Å²) in [4.78, 5) is 17.1. The van der Waals surface area contributed by atoms with E-state index in [1.54, 1.807) is 37.6 Å². The topological polar surface area (TPSA) is 106 Å². The van der Waals surface area contributed by atoms with E-state index in [-0.39, 0.29) is 24.2 Å². The lowest BCUT2D eigenvalue weighted by atomic mass is 9.77. The van der Waals surface area contributed by atoms with Crippen LogP contribution in [-0.2, 0) is 15.0 Å². The van der Waals surface area contributed by atoms with Gasteiger partial charge in [0, 0.05) is 37.2 Å². The van der Waals surface area contributed by atoms with Crippen LogP contribution in [0.4, 0.5) is 9.18 Å². The van der Waals surface area contributed by atoms with E-state index in [1.807, 2.05) is 0 Å². The Morgan fingerprint density at radius 1 is 1.41 bits per heavy atom. The highest BCUT2D eigenvalue weighted by Crippen LogP contribution is 2.51. The summed E-state index contributed by atoms with van der Waals surface area (Å²) in [5, 5.41) is 16.1. The summed E-state index contributed by atoms with van der Waals surface area (Å²) in [7, 11) is 1.56. The fraction of sp³-hybridized carbons (Fsp3) is 0.348. The van der Waals surface area contributed by atoms with E-state index < -0.39 is 17.4 Å². The van der Waals surface area contributed by atoms with Crippen LogP contribution in [0, 0.1) is 11.3 Å². The Morgan fingerprint density at radius 2 is 2.25 bits per heavy atom. The lowest BCUT2D eigenvalue weighted by Crippen LogP contribution is -2.55. The summed E-state index contributed by atoms with van der Waals surface area (Å²) < 4.78 is 31.0. The molecule has 0 saturated heterocycles. The predicted octanol–water partition coefficient (Wildman–Crippen LogP) is 3.29. The molecule has 3 heterocycles. The van der Waals surface area contributed by atoms with Gasteiger partial charge in [-0.1, -0.05) is 0 Å². The Balaban J connectivity index is 1.61. The van der Waals surface area contributed by atoms with Gasteiger partial charge in [-0.15, -0.1) is 0 Å². The van der Waals surface area contributed by atoms with E-state index in [0.29, 0.717) is 40.8 Å². The number of methoxy groups -OCH3 is 1. The second-order valence-corrected chi connectivity index (χ2v) is 7.97. The molecule has 2 aliphatic carbocycles. The SMILES string of the molecule is COCCOc1cc2nccc(C3(NC(=O)NC4CC4)CC=C4OC3=C4F)c2cc1C#N. The van der Waals surface area contributed by atoms with Crippen molar-refractivity contribution in [2.75, 3.05) is 20.3 Å². The highest BCUT2D eigenvalue weighted by molar-refractivity contribution is 5.88. The minimum atomic E-state index is -1.25. The van der Waals surface area contributed by atoms with Gasteiger partial charge >= 0.3 is 6.03 Å². The number of amides is 2. The smallest absolute Gasteiger partial charge is 0.316 e. The molecule has 1 saturated carbocycles. The van der Waals surface area contributed by atoms with Crippen molar-refractivity contribution in [1.82, 2.24) is 15.6 Å². The number of aromatic nitrogens is 1. The molecule has 8 nitrogen and oxygen atoms in total. The monoisotopic (exact) mass is 436 g/mol. The van der Waals surface area contributed by atoms with E-state index in [4.69, 9.17) is 14.2 Å². The lowest BCUT2D eigenvalue weighted by Gasteiger charge is -2.44. The van der Waals surface area contributed by atoms with Crippen LogP contribution in [0.5, 0.6) is 5.75 Å². The molecule has 2 amide bonds. The van der Waals surface area contributed by atoms with Crippen LogP contribution < -0.4 is 15.4 Å². The van der Waals surface area contributed by atoms with Gasteiger partial charge in [0.25, 0.3) is 0 Å². The third-order valence-electron chi connectivity index (χ3n) is 5.82. The van der Waals surface area contributed by atoms with Gasteiger partial charge in [-0.2, -0.15) is 9.65 Å². The van der Waals surface area contributed by atoms with Crippen molar-refractivity contribution in [3.05, 3.63) is 58.9 Å². The average molecular weight is 436 g/mol. The molecule has 1 aromatic carbocycles. The fourth-order valence-corrected chi connectivity index (χ4v) is 4.05. The van der Waals surface area contributed by atoms with Gasteiger partial charge in [0.15, 0.2) is 11.5 Å². The maximum atomic E-state index is 14.7. The van der Waals surface area contributed by atoms with Gasteiger partial charge < -0.3 is 24.8 Å². The Morgan fingerprint density at radius 3 is 2.94 bits per heavy atom. The molecule has 0 radical (unpaired) electrons. The molecule has 4 aliphatic rings. The van der Waals surface area contributed by atoms with Gasteiger partial charge in [-0.3, -0.25) is 4.98 Å². The molecule has 2 bridgehead atoms. The molecule has 0 spiro atoms. The van der Waals surface area contributed by atoms with E-state index in [2.05, 4.69) is 21.7 Å². The van der Waals surface area contributed by atoms with Crippen molar-refractivity contribution in [3.63, 3.8) is 0 Å². The molecule has 32 heavy (non-hydrogen) atoms. The van der Waals surface area contributed by atoms with Crippen LogP contribution >= 0.6 is 0 Å². The molecule has 2 N–H and O–H groups in total. The first kappa shape index (κ1) is 20.3. The summed E-state index contributed by atoms with van der Waals surface area (Å²) in [6.45, 7) is 0.654. The molecule has 1 aromatic heterocycles. The van der Waals surface area contributed by atoms with Gasteiger partial charge in [-0.25, -0.2) is 4.79 Å². The molecule has 1 atom stereocenters. The number of nitrogens with one attached hydrogen (secondary N) is 2. The van der Waals surface area contributed by atoms with Crippen molar-refractivity contribution in [2.24, 2.45) is 0 Å². The van der Waals surface area contributed by atoms with Gasteiger partial charge in [-0.05, 0) is 36.6 Å². The Hall–Kier alpha value is -3.64. The number of carbonyl (C=O) groups is 1. The molecule has 1 unspecified atom stereocenters. The average Bonchev–Trinajstić information content (AvgIpc) is 3.61. The van der Waals surface area contributed by atoms with Crippen molar-refractivity contribution in [3.8, 4) is 11.8 Å². The summed E-state index contributed by atoms with van der Waals surface area (Å²) >= 11 is 0. The van der Waals surface area contributed by atoms with E-state index >= 15 is 0 Å². The number of benzene rings is 1. The van der Waals surface area contributed by atoms with Crippen LogP contribution in [0.2, 0.25) is 0 Å². The van der Waals surface area contributed by atoms with E-state index in [9.17, 15) is 14.4 Å². The molecule has 2 aliphatic heterocycles. The molecule has 164 valence electrons. The lowest BCUT2D eigenvalue weighted by molar-refractivity contribution is 0.123. The first-order chi connectivity index (χ1) is 15.6. The second kappa shape index (κ2) is 7.80. The molecular weight excluding hydrogens is 415 g/mol. The summed E-state index contributed by atoms with van der Waals surface area (Å²) in [5.74, 6) is 0.150. The van der Waals surface area contributed by atoms with Crippen molar-refractivity contribution in [2.45, 2.75) is 30.8 Å². The van der Waals surface area contributed by atoms with Crippen molar-refractivity contribution in [1.29, 1.82) is 5.26 Å². The fourth-order valence-electron chi connectivity index (χ4n) is 4.05. The van der Waals surface area contributed by atoms with Crippen LogP contribution in [0.25, 0.3) is 10.9 Å². The van der Waals surface area contributed by atoms with E-state index in [0.717, 1.165) is 12.8 Å². The zero-order valence-corrected chi connectivity index (χ0v) is 17.4. The van der Waals surface area contributed by atoms with E-state index in [1.165, 1.54) is 0 Å². The first-order valence-corrected chi connectivity index (χ1v) is 10.4. The first-order valence-electron chi connectivity index (χ1n) is 10.4. The summed E-state index contributed by atoms with van der Waals surface area (Å²) in [6, 6.07) is 6.91. The number of allylic oxidation sites excluding steroid dienone is 1. The number of halogens is 1. The third-order valence-corrected chi connectivity index (χ3v) is 5.82. The van der Waals surface area contributed by atoms with Gasteiger partial charge in [0.05, 0.1) is 17.7 Å². The zero-order chi connectivity index (χ0) is 22.3. The molecule has 6 rings (SSSR count). The molecule has 1 fully saturated rings. The Kier molecular flexibility index (Phi) is 4.94. The Labute approximate surface area is 183 Å². The maximum Gasteiger partial charge on any atom is 0.316 e. The highest BCUT2D eigenvalue weighted by atomic mass is 19.1. The van der Waals surface area contributed by atoms with Gasteiger partial charge in [0.2, 0.25) is 5.83 Å². The number of hydrogen-bond acceptors (Lipinski definition) is 6. The summed E-state index contributed by atoms with van der Waals surface area (Å²) in [6.07, 6.45) is 5.37. The molecule has 2 aromatic rings. The van der Waals surface area contributed by atoms with Crippen molar-refractivity contribution >= 4 is 16.9 Å². The largest absolute Gasteiger partial charge is 0.490 e. The summed E-state index contributed by atoms with van der Waals surface area (Å²) in [5.41, 5.74) is 0.190. The minimum absolute atomic E-state index is 0.0624. The number of hydrogen-bond donors (Lipinski definition) is 2. The standard InChI is InChI=1S/C23H21FN4O4/c1-30-8-9-31-19-11-17-15(10-13(19)12-25)16(5-7-26-17)23(28-22(29)27-14-2-3-14)6-4-18-20(24)21(23)32-18/h4-5,7,10-11,14H,2-3,6,8-9H2,1H3,(H2,27,28,29). The Bertz CT molecular complexity index is 1210. The number of carbonyl (C=O) groups excluding carboxylic acids is 1. The van der Waals surface area contributed by atoms with Crippen LogP contribution in [0.15, 0.2) is 47.8 Å². The number of nitrogens with zero attached hydrogens (tertiary/aromatic N) is 2. The number of pyridine rings is 1. The number of nitriles is 1. The van der Waals surface area contributed by atoms with Crippen LogP contribution in [0.1, 0.15) is 30.4 Å². The maximum absolute atomic E-state index is 14.7. The predicted molar refractivity (Wildman–Crippen MR) is 112 cm³/mol. The number of urea groups is 1. The highest BCUT2D eigenvalue weighted by Gasteiger charge is 2.51. The third kappa shape index (κ3) is 3.33. The zero-order valence-electron chi connectivity index (χ0n) is 17.4. The molecular formula is C23H21FN4O4. The second-order valence-electron chi connectivity index (χ2n) is 7.97. The number of ether oxygens (including phenoxy) is 3.